The summed E-state index contributed by atoms with van der Waals surface area (Å²) in [5.74, 6) is -1.62. The van der Waals surface area contributed by atoms with Crippen LogP contribution in [0.4, 0.5) is 0 Å². The number of carbonyl (C=O) groups excluding carboxylic acids is 1. The highest BCUT2D eigenvalue weighted by molar-refractivity contribution is 5.90. The molecule has 0 bridgehead atoms. The summed E-state index contributed by atoms with van der Waals surface area (Å²) in [5, 5.41) is 15.8. The molecule has 1 aliphatic carbocycles. The summed E-state index contributed by atoms with van der Waals surface area (Å²) in [7, 11) is 1.70. The van der Waals surface area contributed by atoms with Crippen molar-refractivity contribution in [3.8, 4) is 0 Å². The van der Waals surface area contributed by atoms with E-state index < -0.39 is 12.0 Å². The molecule has 0 saturated carbocycles. The number of aromatic nitrogens is 2. The Balaban J connectivity index is 1.76. The van der Waals surface area contributed by atoms with Gasteiger partial charge in [0.15, 0.2) is 6.04 Å². The second kappa shape index (κ2) is 5.05. The molecule has 0 spiro atoms. The van der Waals surface area contributed by atoms with E-state index in [0.29, 0.717) is 12.0 Å². The molecule has 0 saturated heterocycles. The van der Waals surface area contributed by atoms with Crippen LogP contribution in [0.1, 0.15) is 28.7 Å². The number of rotatable bonds is 4. The highest BCUT2D eigenvalue weighted by Crippen LogP contribution is 2.35. The van der Waals surface area contributed by atoms with Crippen molar-refractivity contribution in [3.05, 3.63) is 53.3 Å². The predicted octanol–water partition coefficient (Wildman–Crippen LogP) is 1.00. The van der Waals surface area contributed by atoms with Crippen molar-refractivity contribution in [1.82, 2.24) is 15.1 Å². The number of aliphatic carboxylic acids is 1. The van der Waals surface area contributed by atoms with Gasteiger partial charge in [-0.1, -0.05) is 24.3 Å². The lowest BCUT2D eigenvalue weighted by molar-refractivity contribution is -0.142. The van der Waals surface area contributed by atoms with Gasteiger partial charge in [0, 0.05) is 18.8 Å². The van der Waals surface area contributed by atoms with Gasteiger partial charge in [0.2, 0.25) is 5.91 Å². The molecule has 1 aromatic heterocycles. The number of amides is 1. The van der Waals surface area contributed by atoms with Gasteiger partial charge in [-0.15, -0.1) is 0 Å². The van der Waals surface area contributed by atoms with E-state index in [1.54, 1.807) is 13.2 Å². The fourth-order valence-electron chi connectivity index (χ4n) is 2.61. The first-order valence-corrected chi connectivity index (χ1v) is 6.66. The van der Waals surface area contributed by atoms with Crippen molar-refractivity contribution in [2.75, 3.05) is 0 Å². The number of carboxylic acid groups (broad SMARTS) is 1. The summed E-state index contributed by atoms with van der Waals surface area (Å²) in [4.78, 5) is 23.6. The minimum Gasteiger partial charge on any atom is -0.479 e. The Hall–Kier alpha value is -2.63. The van der Waals surface area contributed by atoms with Crippen LogP contribution in [0.5, 0.6) is 0 Å². The van der Waals surface area contributed by atoms with Gasteiger partial charge < -0.3 is 10.4 Å². The summed E-state index contributed by atoms with van der Waals surface area (Å²) in [6.45, 7) is 0. The van der Waals surface area contributed by atoms with Gasteiger partial charge in [0.05, 0.1) is 12.1 Å². The average Bonchev–Trinajstić information content (AvgIpc) is 2.83. The van der Waals surface area contributed by atoms with Crippen molar-refractivity contribution in [1.29, 1.82) is 0 Å². The SMILES string of the molecule is Cn1cc(C(NC(=O)C2Cc3ccccc32)C(=O)O)cn1. The summed E-state index contributed by atoms with van der Waals surface area (Å²) in [6.07, 6.45) is 3.70. The second-order valence-corrected chi connectivity index (χ2v) is 5.18. The molecule has 1 heterocycles. The van der Waals surface area contributed by atoms with Gasteiger partial charge in [0.25, 0.3) is 0 Å². The third kappa shape index (κ3) is 2.40. The van der Waals surface area contributed by atoms with Gasteiger partial charge in [-0.05, 0) is 17.5 Å². The molecule has 21 heavy (non-hydrogen) atoms. The standard InChI is InChI=1S/C15H15N3O3/c1-18-8-10(7-16-18)13(15(20)21)17-14(19)12-6-9-4-2-3-5-11(9)12/h2-5,7-8,12-13H,6H2,1H3,(H,17,19)(H,20,21). The van der Waals surface area contributed by atoms with Crippen LogP contribution in [0.25, 0.3) is 0 Å². The minimum atomic E-state index is -1.09. The topological polar surface area (TPSA) is 84.2 Å². The molecule has 2 unspecified atom stereocenters. The zero-order valence-electron chi connectivity index (χ0n) is 11.5. The maximum absolute atomic E-state index is 12.3. The molecule has 0 radical (unpaired) electrons. The largest absolute Gasteiger partial charge is 0.479 e. The van der Waals surface area contributed by atoms with Crippen molar-refractivity contribution >= 4 is 11.9 Å². The number of nitrogens with zero attached hydrogens (tertiary/aromatic N) is 2. The first-order valence-electron chi connectivity index (χ1n) is 6.66. The molecule has 2 N–H and O–H groups in total. The molecule has 0 fully saturated rings. The molecular formula is C15H15N3O3. The summed E-state index contributed by atoms with van der Waals surface area (Å²) in [6, 6.07) is 6.63. The fraction of sp³-hybridized carbons (Fsp3) is 0.267. The van der Waals surface area contributed by atoms with Crippen LogP contribution in [0.3, 0.4) is 0 Å². The Kier molecular flexibility index (Phi) is 3.21. The van der Waals surface area contributed by atoms with Crippen LogP contribution >= 0.6 is 0 Å². The molecule has 1 aliphatic rings. The van der Waals surface area contributed by atoms with Crippen LogP contribution in [0.2, 0.25) is 0 Å². The van der Waals surface area contributed by atoms with Crippen LogP contribution in [0.15, 0.2) is 36.7 Å². The number of hydrogen-bond acceptors (Lipinski definition) is 3. The molecule has 3 rings (SSSR count). The van der Waals surface area contributed by atoms with Gasteiger partial charge in [-0.25, -0.2) is 4.79 Å². The van der Waals surface area contributed by atoms with Crippen molar-refractivity contribution in [3.63, 3.8) is 0 Å². The van der Waals surface area contributed by atoms with Crippen LogP contribution in [-0.2, 0) is 23.1 Å². The lowest BCUT2D eigenvalue weighted by Crippen LogP contribution is -2.40. The van der Waals surface area contributed by atoms with Gasteiger partial charge in [-0.3, -0.25) is 9.48 Å². The number of hydrogen-bond donors (Lipinski definition) is 2. The van der Waals surface area contributed by atoms with Crippen molar-refractivity contribution < 1.29 is 14.7 Å². The Morgan fingerprint density at radius 3 is 2.81 bits per heavy atom. The average molecular weight is 285 g/mol. The smallest absolute Gasteiger partial charge is 0.331 e. The number of nitrogens with one attached hydrogen (secondary N) is 1. The van der Waals surface area contributed by atoms with Crippen molar-refractivity contribution in [2.45, 2.75) is 18.4 Å². The first-order chi connectivity index (χ1) is 10.1. The molecule has 1 amide bonds. The summed E-state index contributed by atoms with van der Waals surface area (Å²) < 4.78 is 1.51. The lowest BCUT2D eigenvalue weighted by atomic mass is 9.77. The molecule has 6 heteroatoms. The number of carbonyl (C=O) groups is 2. The van der Waals surface area contributed by atoms with Crippen LogP contribution < -0.4 is 5.32 Å². The highest BCUT2D eigenvalue weighted by atomic mass is 16.4. The van der Waals surface area contributed by atoms with Crippen LogP contribution in [0, 0.1) is 0 Å². The maximum atomic E-state index is 12.3. The number of carboxylic acids is 1. The minimum absolute atomic E-state index is 0.259. The van der Waals surface area contributed by atoms with E-state index in [0.717, 1.165) is 11.1 Å². The Morgan fingerprint density at radius 1 is 1.43 bits per heavy atom. The maximum Gasteiger partial charge on any atom is 0.331 e. The Bertz CT molecular complexity index is 708. The third-order valence-corrected chi connectivity index (χ3v) is 3.76. The first kappa shape index (κ1) is 13.4. The molecule has 2 atom stereocenters. The Labute approximate surface area is 121 Å². The zero-order chi connectivity index (χ0) is 15.0. The van der Waals surface area contributed by atoms with Crippen molar-refractivity contribution in [2.24, 2.45) is 7.05 Å². The van der Waals surface area contributed by atoms with E-state index in [1.165, 1.54) is 10.9 Å². The quantitative estimate of drug-likeness (QED) is 0.877. The summed E-state index contributed by atoms with van der Waals surface area (Å²) >= 11 is 0. The van der Waals surface area contributed by atoms with Gasteiger partial charge in [0.1, 0.15) is 0 Å². The van der Waals surface area contributed by atoms with E-state index in [9.17, 15) is 14.7 Å². The van der Waals surface area contributed by atoms with E-state index in [-0.39, 0.29) is 11.8 Å². The zero-order valence-corrected chi connectivity index (χ0v) is 11.5. The van der Waals surface area contributed by atoms with Gasteiger partial charge >= 0.3 is 5.97 Å². The van der Waals surface area contributed by atoms with E-state index >= 15 is 0 Å². The second-order valence-electron chi connectivity index (χ2n) is 5.18. The number of aryl methyl sites for hydroxylation is 1. The molecule has 1 aromatic carbocycles. The number of fused-ring (bicyclic) bond motifs is 1. The Morgan fingerprint density at radius 2 is 2.19 bits per heavy atom. The molecule has 6 nitrogen and oxygen atoms in total. The van der Waals surface area contributed by atoms with Crippen LogP contribution in [-0.4, -0.2) is 26.8 Å². The highest BCUT2D eigenvalue weighted by Gasteiger charge is 2.34. The predicted molar refractivity (Wildman–Crippen MR) is 74.6 cm³/mol. The normalized spacial score (nSPS) is 17.5. The van der Waals surface area contributed by atoms with E-state index in [4.69, 9.17) is 0 Å². The molecular weight excluding hydrogens is 270 g/mol. The van der Waals surface area contributed by atoms with E-state index in [1.807, 2.05) is 24.3 Å². The lowest BCUT2D eigenvalue weighted by Gasteiger charge is -2.29. The van der Waals surface area contributed by atoms with E-state index in [2.05, 4.69) is 10.4 Å². The monoisotopic (exact) mass is 285 g/mol. The fourth-order valence-corrected chi connectivity index (χ4v) is 2.61. The van der Waals surface area contributed by atoms with Gasteiger partial charge in [-0.2, -0.15) is 5.10 Å². The third-order valence-electron chi connectivity index (χ3n) is 3.76. The molecule has 108 valence electrons. The number of benzene rings is 1. The molecule has 0 aliphatic heterocycles. The summed E-state index contributed by atoms with van der Waals surface area (Å²) in [5.41, 5.74) is 2.59. The molecule has 2 aromatic rings.